The molecule has 0 saturated carbocycles. The van der Waals surface area contributed by atoms with E-state index >= 15 is 0 Å². The lowest BCUT2D eigenvalue weighted by Crippen LogP contribution is -2.43. The van der Waals surface area contributed by atoms with Crippen LogP contribution in [0.25, 0.3) is 0 Å². The Bertz CT molecular complexity index is 174. The smallest absolute Gasteiger partial charge is 0.271 e. The van der Waals surface area contributed by atoms with Gasteiger partial charge in [0.05, 0.1) is 6.61 Å². The van der Waals surface area contributed by atoms with Crippen LogP contribution in [0.4, 0.5) is 13.2 Å². The molecule has 0 radical (unpaired) electrons. The summed E-state index contributed by atoms with van der Waals surface area (Å²) >= 11 is 0. The quantitative estimate of drug-likeness (QED) is 0.562. The van der Waals surface area contributed by atoms with E-state index in [4.69, 9.17) is 0 Å². The van der Waals surface area contributed by atoms with E-state index < -0.39 is 12.1 Å². The van der Waals surface area contributed by atoms with Crippen LogP contribution >= 0.6 is 0 Å². The third-order valence-corrected chi connectivity index (χ3v) is 1.47. The van der Waals surface area contributed by atoms with E-state index in [0.717, 1.165) is 0 Å². The largest absolute Gasteiger partial charge is 0.473 e. The molecule has 1 heterocycles. The Hall–Kier alpha value is -0.780. The topological polar surface area (TPSA) is 29.5 Å². The molecule has 0 aliphatic carbocycles. The maximum absolute atomic E-state index is 11.8. The first-order valence-electron chi connectivity index (χ1n) is 3.53. The molecular weight excluding hydrogens is 175 g/mol. The van der Waals surface area contributed by atoms with Crippen LogP contribution in [0.5, 0.6) is 0 Å². The molecule has 0 N–H and O–H groups in total. The van der Waals surface area contributed by atoms with Crippen molar-refractivity contribution in [3.63, 3.8) is 0 Å². The molecule has 0 unspecified atom stereocenters. The van der Waals surface area contributed by atoms with Gasteiger partial charge in [0.25, 0.3) is 0 Å². The SMILES string of the molecule is O=C(N1CCCCO1)C(F)(F)F. The van der Waals surface area contributed by atoms with Crippen molar-refractivity contribution in [2.45, 2.75) is 19.0 Å². The fourth-order valence-corrected chi connectivity index (χ4v) is 0.898. The molecule has 0 spiro atoms. The summed E-state index contributed by atoms with van der Waals surface area (Å²) in [7, 11) is 0. The van der Waals surface area contributed by atoms with E-state index in [1.54, 1.807) is 0 Å². The van der Waals surface area contributed by atoms with Crippen molar-refractivity contribution < 1.29 is 22.8 Å². The number of rotatable bonds is 0. The second kappa shape index (κ2) is 3.30. The lowest BCUT2D eigenvalue weighted by atomic mass is 10.3. The van der Waals surface area contributed by atoms with Gasteiger partial charge >= 0.3 is 12.1 Å². The molecule has 70 valence electrons. The molecule has 1 aliphatic rings. The Morgan fingerprint density at radius 3 is 2.42 bits per heavy atom. The highest BCUT2D eigenvalue weighted by Gasteiger charge is 2.43. The highest BCUT2D eigenvalue weighted by molar-refractivity contribution is 5.80. The van der Waals surface area contributed by atoms with Gasteiger partial charge in [0.1, 0.15) is 0 Å². The van der Waals surface area contributed by atoms with Gasteiger partial charge in [0, 0.05) is 6.54 Å². The van der Waals surface area contributed by atoms with Crippen LogP contribution in [-0.4, -0.2) is 30.3 Å². The minimum atomic E-state index is -4.82. The van der Waals surface area contributed by atoms with Crippen molar-refractivity contribution in [3.05, 3.63) is 0 Å². The molecule has 1 amide bonds. The summed E-state index contributed by atoms with van der Waals surface area (Å²) in [5.74, 6) is -1.91. The van der Waals surface area contributed by atoms with E-state index in [2.05, 4.69) is 4.84 Å². The lowest BCUT2D eigenvalue weighted by Gasteiger charge is -2.26. The fourth-order valence-electron chi connectivity index (χ4n) is 0.898. The Morgan fingerprint density at radius 1 is 1.33 bits per heavy atom. The van der Waals surface area contributed by atoms with Gasteiger partial charge in [-0.15, -0.1) is 0 Å². The molecule has 1 fully saturated rings. The monoisotopic (exact) mass is 183 g/mol. The van der Waals surface area contributed by atoms with Gasteiger partial charge in [-0.25, -0.2) is 5.06 Å². The van der Waals surface area contributed by atoms with Crippen LogP contribution in [0.15, 0.2) is 0 Å². The number of nitrogens with zero attached hydrogens (tertiary/aromatic N) is 1. The van der Waals surface area contributed by atoms with E-state index in [-0.39, 0.29) is 13.2 Å². The van der Waals surface area contributed by atoms with Crippen molar-refractivity contribution in [3.8, 4) is 0 Å². The number of hydrogen-bond donors (Lipinski definition) is 0. The molecule has 0 aromatic heterocycles. The maximum Gasteiger partial charge on any atom is 0.473 e. The standard InChI is InChI=1S/C6H8F3NO2/c7-6(8,9)5(11)10-3-1-2-4-12-10/h1-4H2. The van der Waals surface area contributed by atoms with Crippen molar-refractivity contribution in [1.82, 2.24) is 5.06 Å². The first-order chi connectivity index (χ1) is 5.52. The van der Waals surface area contributed by atoms with Crippen LogP contribution < -0.4 is 0 Å². The summed E-state index contributed by atoms with van der Waals surface area (Å²) in [6.07, 6.45) is -3.57. The van der Waals surface area contributed by atoms with Crippen molar-refractivity contribution >= 4 is 5.91 Å². The van der Waals surface area contributed by atoms with Gasteiger partial charge in [-0.2, -0.15) is 13.2 Å². The number of alkyl halides is 3. The highest BCUT2D eigenvalue weighted by Crippen LogP contribution is 2.20. The number of halogens is 3. The zero-order valence-corrected chi connectivity index (χ0v) is 6.23. The zero-order chi connectivity index (χ0) is 9.19. The van der Waals surface area contributed by atoms with Crippen LogP contribution in [0.1, 0.15) is 12.8 Å². The summed E-state index contributed by atoms with van der Waals surface area (Å²) in [6, 6.07) is 0. The second-order valence-electron chi connectivity index (χ2n) is 2.45. The fraction of sp³-hybridized carbons (Fsp3) is 0.833. The predicted octanol–water partition coefficient (Wildman–Crippen LogP) is 1.10. The third kappa shape index (κ3) is 2.10. The molecule has 0 aromatic rings. The number of amides is 1. The predicted molar refractivity (Wildman–Crippen MR) is 33.0 cm³/mol. The molecule has 0 atom stereocenters. The minimum absolute atomic E-state index is 0.0261. The first kappa shape index (κ1) is 9.31. The van der Waals surface area contributed by atoms with Crippen LogP contribution in [0.2, 0.25) is 0 Å². The minimum Gasteiger partial charge on any atom is -0.271 e. The van der Waals surface area contributed by atoms with Crippen LogP contribution in [0, 0.1) is 0 Å². The molecule has 6 heteroatoms. The molecule has 1 aliphatic heterocycles. The Balaban J connectivity index is 2.51. The van der Waals surface area contributed by atoms with Crippen molar-refractivity contribution in [2.75, 3.05) is 13.2 Å². The highest BCUT2D eigenvalue weighted by atomic mass is 19.4. The van der Waals surface area contributed by atoms with Crippen LogP contribution in [0.3, 0.4) is 0 Å². The summed E-state index contributed by atoms with van der Waals surface area (Å²) in [4.78, 5) is 15.0. The summed E-state index contributed by atoms with van der Waals surface area (Å²) in [6.45, 7) is 0.208. The normalized spacial score (nSPS) is 19.4. The van der Waals surface area contributed by atoms with E-state index in [1.807, 2.05) is 0 Å². The summed E-state index contributed by atoms with van der Waals surface area (Å²) in [5, 5.41) is 0.378. The number of carbonyl (C=O) groups excluding carboxylic acids is 1. The third-order valence-electron chi connectivity index (χ3n) is 1.47. The Morgan fingerprint density at radius 2 is 2.00 bits per heavy atom. The summed E-state index contributed by atoms with van der Waals surface area (Å²) < 4.78 is 35.3. The lowest BCUT2D eigenvalue weighted by molar-refractivity contribution is -0.237. The average Bonchev–Trinajstić information content (AvgIpc) is 2.03. The van der Waals surface area contributed by atoms with E-state index in [9.17, 15) is 18.0 Å². The van der Waals surface area contributed by atoms with E-state index in [1.165, 1.54) is 0 Å². The van der Waals surface area contributed by atoms with Gasteiger partial charge in [0.15, 0.2) is 0 Å². The maximum atomic E-state index is 11.8. The van der Waals surface area contributed by atoms with Crippen molar-refractivity contribution in [2.24, 2.45) is 0 Å². The van der Waals surface area contributed by atoms with Gasteiger partial charge in [-0.05, 0) is 12.8 Å². The van der Waals surface area contributed by atoms with Crippen LogP contribution in [-0.2, 0) is 9.63 Å². The Labute approximate surface area is 67.0 Å². The zero-order valence-electron chi connectivity index (χ0n) is 6.23. The van der Waals surface area contributed by atoms with Gasteiger partial charge in [-0.3, -0.25) is 9.63 Å². The molecule has 1 rings (SSSR count). The first-order valence-corrected chi connectivity index (χ1v) is 3.53. The molecule has 3 nitrogen and oxygen atoms in total. The number of hydroxylamine groups is 2. The molecule has 12 heavy (non-hydrogen) atoms. The average molecular weight is 183 g/mol. The molecular formula is C6H8F3NO2. The number of hydrogen-bond acceptors (Lipinski definition) is 2. The summed E-state index contributed by atoms with van der Waals surface area (Å²) in [5.41, 5.74) is 0. The Kier molecular flexibility index (Phi) is 2.56. The molecule has 0 aromatic carbocycles. The van der Waals surface area contributed by atoms with E-state index in [0.29, 0.717) is 17.9 Å². The molecule has 1 saturated heterocycles. The van der Waals surface area contributed by atoms with Gasteiger partial charge in [-0.1, -0.05) is 0 Å². The van der Waals surface area contributed by atoms with Gasteiger partial charge < -0.3 is 0 Å². The van der Waals surface area contributed by atoms with Crippen molar-refractivity contribution in [1.29, 1.82) is 0 Å². The number of carbonyl (C=O) groups is 1. The van der Waals surface area contributed by atoms with Gasteiger partial charge in [0.2, 0.25) is 0 Å². The molecule has 0 bridgehead atoms. The second-order valence-corrected chi connectivity index (χ2v) is 2.45.